The summed E-state index contributed by atoms with van der Waals surface area (Å²) < 4.78 is 2.60. The fraction of sp³-hybridized carbons (Fsp3) is 0.0769. The number of anilines is 5. The molecule has 4 heteroatoms. The van der Waals surface area contributed by atoms with E-state index in [1.807, 2.05) is 11.3 Å². The molecule has 0 spiro atoms. The molecule has 0 fully saturated rings. The molecule has 1 aliphatic heterocycles. The number of fused-ring (bicyclic) bond motifs is 7. The molecule has 1 atom stereocenters. The van der Waals surface area contributed by atoms with Gasteiger partial charge in [-0.1, -0.05) is 138 Å². The maximum absolute atomic E-state index is 4.05. The van der Waals surface area contributed by atoms with Crippen LogP contribution in [0.15, 0.2) is 176 Å². The van der Waals surface area contributed by atoms with Gasteiger partial charge >= 0.3 is 0 Å². The zero-order valence-corrected chi connectivity index (χ0v) is 32.1. The molecule has 8 aromatic carbocycles. The first-order valence-electron chi connectivity index (χ1n) is 19.7. The Morgan fingerprint density at radius 2 is 1.30 bits per heavy atom. The molecular formula is C52H39BN2S. The van der Waals surface area contributed by atoms with Gasteiger partial charge in [-0.3, -0.25) is 0 Å². The van der Waals surface area contributed by atoms with Crippen LogP contribution < -0.4 is 21.1 Å². The lowest BCUT2D eigenvalue weighted by Crippen LogP contribution is -2.41. The van der Waals surface area contributed by atoms with Crippen molar-refractivity contribution in [3.05, 3.63) is 198 Å². The van der Waals surface area contributed by atoms with Gasteiger partial charge < -0.3 is 10.2 Å². The molecule has 2 aliphatic rings. The Balaban J connectivity index is 1.22. The van der Waals surface area contributed by atoms with Gasteiger partial charge in [-0.15, -0.1) is 11.3 Å². The fourth-order valence-electron chi connectivity index (χ4n) is 9.50. The Kier molecular flexibility index (Phi) is 7.92. The van der Waals surface area contributed by atoms with Crippen LogP contribution >= 0.6 is 11.3 Å². The smallest absolute Gasteiger partial charge is 0.193 e. The zero-order valence-electron chi connectivity index (χ0n) is 31.3. The van der Waals surface area contributed by atoms with E-state index >= 15 is 0 Å². The van der Waals surface area contributed by atoms with Gasteiger partial charge in [0.1, 0.15) is 0 Å². The summed E-state index contributed by atoms with van der Waals surface area (Å²) in [7, 11) is 0.887. The summed E-state index contributed by atoms with van der Waals surface area (Å²) in [6, 6.07) is 65.2. The average Bonchev–Trinajstić information content (AvgIpc) is 3.54. The lowest BCUT2D eigenvalue weighted by atomic mass is 9.51. The van der Waals surface area contributed by atoms with E-state index in [0.29, 0.717) is 0 Å². The second kappa shape index (κ2) is 13.4. The van der Waals surface area contributed by atoms with Crippen LogP contribution in [0, 0.1) is 6.92 Å². The van der Waals surface area contributed by atoms with Crippen LogP contribution in [0.2, 0.25) is 0 Å². The van der Waals surface area contributed by atoms with E-state index < -0.39 is 0 Å². The summed E-state index contributed by atoms with van der Waals surface area (Å²) in [6.07, 6.45) is 2.11. The largest absolute Gasteiger partial charge is 0.354 e. The molecule has 11 rings (SSSR count). The molecule has 1 aromatic heterocycles. The number of rotatable bonds is 6. The third-order valence-corrected chi connectivity index (χ3v) is 13.3. The molecule has 2 heterocycles. The standard InChI is InChI=1S/C52H39BN2S/c1-33-15-8-12-25-47(33)54-51-42(29-30-43-39-22-11-13-26-48(39)56-52(43)51)45-32-37(55(35-17-4-2-5-18-35)36-19-6-3-7-20-36)31-44-41-28-27-34-16-9-10-21-38(34)40-23-14-24-46(49(40)41)53-50(44)45/h2-26,29-32,41,53-54H,27-28H2,1H3. The molecule has 0 radical (unpaired) electrons. The van der Waals surface area contributed by atoms with E-state index in [4.69, 9.17) is 0 Å². The summed E-state index contributed by atoms with van der Waals surface area (Å²) in [4.78, 5) is 2.45. The number of para-hydroxylation sites is 3. The summed E-state index contributed by atoms with van der Waals surface area (Å²) in [5.41, 5.74) is 19.6. The average molecular weight is 735 g/mol. The minimum Gasteiger partial charge on any atom is -0.354 e. The van der Waals surface area contributed by atoms with E-state index in [9.17, 15) is 0 Å². The van der Waals surface area contributed by atoms with E-state index in [2.05, 4.69) is 193 Å². The normalized spacial score (nSPS) is 14.0. The predicted octanol–water partition coefficient (Wildman–Crippen LogP) is 12.7. The van der Waals surface area contributed by atoms with Crippen molar-refractivity contribution in [1.82, 2.24) is 0 Å². The van der Waals surface area contributed by atoms with Crippen molar-refractivity contribution in [1.29, 1.82) is 0 Å². The minimum atomic E-state index is 0.269. The molecule has 0 saturated carbocycles. The van der Waals surface area contributed by atoms with Crippen LogP contribution in [0.25, 0.3) is 42.4 Å². The molecule has 266 valence electrons. The van der Waals surface area contributed by atoms with Gasteiger partial charge in [0.25, 0.3) is 0 Å². The minimum absolute atomic E-state index is 0.269. The van der Waals surface area contributed by atoms with Gasteiger partial charge in [0.2, 0.25) is 0 Å². The van der Waals surface area contributed by atoms with Crippen molar-refractivity contribution < 1.29 is 0 Å². The van der Waals surface area contributed by atoms with E-state index in [-0.39, 0.29) is 5.92 Å². The Labute approximate surface area is 333 Å². The topological polar surface area (TPSA) is 15.3 Å². The second-order valence-corrected chi connectivity index (χ2v) is 16.3. The highest BCUT2D eigenvalue weighted by Crippen LogP contribution is 2.48. The van der Waals surface area contributed by atoms with Crippen LogP contribution in [-0.4, -0.2) is 7.28 Å². The summed E-state index contributed by atoms with van der Waals surface area (Å²) in [5.74, 6) is 0.269. The Hall–Kier alpha value is -6.36. The molecular weight excluding hydrogens is 695 g/mol. The highest BCUT2D eigenvalue weighted by atomic mass is 32.1. The first-order valence-corrected chi connectivity index (χ1v) is 20.6. The monoisotopic (exact) mass is 734 g/mol. The van der Waals surface area contributed by atoms with Crippen molar-refractivity contribution in [3.63, 3.8) is 0 Å². The van der Waals surface area contributed by atoms with Crippen molar-refractivity contribution in [3.8, 4) is 22.3 Å². The number of benzene rings is 8. The lowest BCUT2D eigenvalue weighted by Gasteiger charge is -2.34. The van der Waals surface area contributed by atoms with Crippen LogP contribution in [0.5, 0.6) is 0 Å². The third-order valence-electron chi connectivity index (χ3n) is 12.1. The molecule has 0 amide bonds. The number of nitrogens with zero attached hydrogens (tertiary/aromatic N) is 1. The quantitative estimate of drug-likeness (QED) is 0.171. The molecule has 1 N–H and O–H groups in total. The molecule has 1 unspecified atom stereocenters. The molecule has 1 aliphatic carbocycles. The first-order chi connectivity index (χ1) is 27.7. The molecule has 2 nitrogen and oxygen atoms in total. The second-order valence-electron chi connectivity index (χ2n) is 15.3. The van der Waals surface area contributed by atoms with Gasteiger partial charge in [0.15, 0.2) is 7.28 Å². The predicted molar refractivity (Wildman–Crippen MR) is 242 cm³/mol. The highest BCUT2D eigenvalue weighted by Gasteiger charge is 2.34. The van der Waals surface area contributed by atoms with Crippen LogP contribution in [0.3, 0.4) is 0 Å². The van der Waals surface area contributed by atoms with Crippen LogP contribution in [-0.2, 0) is 6.42 Å². The number of hydrogen-bond acceptors (Lipinski definition) is 3. The third kappa shape index (κ3) is 5.39. The maximum Gasteiger partial charge on any atom is 0.193 e. The summed E-state index contributed by atoms with van der Waals surface area (Å²) >= 11 is 1.89. The van der Waals surface area contributed by atoms with E-state index in [1.54, 1.807) is 0 Å². The van der Waals surface area contributed by atoms with E-state index in [1.165, 1.54) is 87.0 Å². The SMILES string of the molecule is Cc1ccccc1Nc1c(-c2cc(N(c3ccccc3)c3ccccc3)cc3c2Bc2cccc4c2C3CCc2ccccc2-4)ccc2c1sc1ccccc12. The van der Waals surface area contributed by atoms with Gasteiger partial charge in [0, 0.05) is 49.7 Å². The lowest BCUT2D eigenvalue weighted by molar-refractivity contribution is 0.730. The Bertz CT molecular complexity index is 2910. The maximum atomic E-state index is 4.05. The summed E-state index contributed by atoms with van der Waals surface area (Å²) in [6.45, 7) is 2.20. The molecule has 9 aromatic rings. The molecule has 0 saturated heterocycles. The Morgan fingerprint density at radius 3 is 2.12 bits per heavy atom. The van der Waals surface area contributed by atoms with Gasteiger partial charge in [-0.2, -0.15) is 0 Å². The Morgan fingerprint density at radius 1 is 0.589 bits per heavy atom. The fourth-order valence-corrected chi connectivity index (χ4v) is 10.7. The van der Waals surface area contributed by atoms with E-state index in [0.717, 1.165) is 37.2 Å². The number of hydrogen-bond donors (Lipinski definition) is 1. The van der Waals surface area contributed by atoms with Crippen molar-refractivity contribution in [2.75, 3.05) is 10.2 Å². The van der Waals surface area contributed by atoms with Crippen molar-refractivity contribution >= 4 is 78.2 Å². The number of nitrogens with one attached hydrogen (secondary N) is 1. The van der Waals surface area contributed by atoms with Crippen molar-refractivity contribution in [2.24, 2.45) is 0 Å². The number of thiophene rings is 1. The molecule has 56 heavy (non-hydrogen) atoms. The van der Waals surface area contributed by atoms with Crippen LogP contribution in [0.1, 0.15) is 34.6 Å². The summed E-state index contributed by atoms with van der Waals surface area (Å²) in [5, 5.41) is 6.65. The molecule has 0 bridgehead atoms. The van der Waals surface area contributed by atoms with Crippen molar-refractivity contribution in [2.45, 2.75) is 25.7 Å². The zero-order chi connectivity index (χ0) is 37.2. The van der Waals surface area contributed by atoms with Gasteiger partial charge in [0.05, 0.1) is 10.4 Å². The van der Waals surface area contributed by atoms with Crippen LogP contribution in [0.4, 0.5) is 28.4 Å². The number of aryl methyl sites for hydroxylation is 2. The van der Waals surface area contributed by atoms with Gasteiger partial charge in [-0.25, -0.2) is 0 Å². The van der Waals surface area contributed by atoms with Gasteiger partial charge in [-0.05, 0) is 107 Å². The first kappa shape index (κ1) is 33.0. The highest BCUT2D eigenvalue weighted by molar-refractivity contribution is 7.26.